The fraction of sp³-hybridized carbons (Fsp3) is 0.360. The SMILES string of the molecule is Cc1nn(C)c(C)c1-c1c(Cl)ccc2c(CCCOc3cccc4cc(F)ccc34)c(C(=O)O)n(CCN3CCN(CC(=O)NCc4ccc5c(c4)CN(C4CCC(=O)NC4=O)C5=O)CC3)c12. The van der Waals surface area contributed by atoms with E-state index >= 15 is 0 Å². The second kappa shape index (κ2) is 18.9. The molecule has 0 saturated carbocycles. The molecule has 0 bridgehead atoms. The number of nitrogens with one attached hydrogen (secondary N) is 2. The molecule has 9 rings (SSSR count). The van der Waals surface area contributed by atoms with Gasteiger partial charge in [-0.25, -0.2) is 9.18 Å². The highest BCUT2D eigenvalue weighted by Gasteiger charge is 2.39. The zero-order valence-electron chi connectivity index (χ0n) is 37.7. The number of piperazine rings is 1. The van der Waals surface area contributed by atoms with Crippen LogP contribution in [0.3, 0.4) is 0 Å². The van der Waals surface area contributed by atoms with Gasteiger partial charge in [-0.1, -0.05) is 41.9 Å². The second-order valence-electron chi connectivity index (χ2n) is 17.6. The normalized spacial score (nSPS) is 16.8. The van der Waals surface area contributed by atoms with E-state index in [-0.39, 0.29) is 55.3 Å². The first-order chi connectivity index (χ1) is 32.2. The van der Waals surface area contributed by atoms with Crippen molar-refractivity contribution in [3.63, 3.8) is 0 Å². The number of carboxylic acids is 1. The van der Waals surface area contributed by atoms with Crippen molar-refractivity contribution in [3.05, 3.63) is 117 Å². The van der Waals surface area contributed by atoms with Gasteiger partial charge in [0.1, 0.15) is 23.3 Å². The molecule has 2 aromatic heterocycles. The van der Waals surface area contributed by atoms with Crippen LogP contribution in [0.15, 0.2) is 66.7 Å². The van der Waals surface area contributed by atoms with Gasteiger partial charge in [-0.05, 0) is 91.6 Å². The molecular formula is C50H52ClFN8O7. The average Bonchev–Trinajstić information content (AvgIpc) is 3.89. The van der Waals surface area contributed by atoms with Crippen LogP contribution in [0.5, 0.6) is 5.75 Å². The molecule has 2 saturated heterocycles. The first-order valence-electron chi connectivity index (χ1n) is 22.6. The van der Waals surface area contributed by atoms with Gasteiger partial charge < -0.3 is 24.6 Å². The zero-order chi connectivity index (χ0) is 47.1. The molecule has 6 aromatic rings. The maximum Gasteiger partial charge on any atom is 0.352 e. The summed E-state index contributed by atoms with van der Waals surface area (Å²) in [6, 6.07) is 18.6. The van der Waals surface area contributed by atoms with E-state index in [1.807, 2.05) is 61.9 Å². The molecule has 4 amide bonds. The second-order valence-corrected chi connectivity index (χ2v) is 18.0. The van der Waals surface area contributed by atoms with Crippen LogP contribution in [0.2, 0.25) is 5.02 Å². The van der Waals surface area contributed by atoms with Gasteiger partial charge in [0, 0.05) is 99.0 Å². The smallest absolute Gasteiger partial charge is 0.352 e. The molecule has 4 aromatic carbocycles. The molecule has 0 spiro atoms. The molecule has 67 heavy (non-hydrogen) atoms. The number of benzene rings is 4. The number of aryl methyl sites for hydroxylation is 3. The fourth-order valence-corrected chi connectivity index (χ4v) is 10.2. The lowest BCUT2D eigenvalue weighted by atomic mass is 9.98. The Labute approximate surface area is 391 Å². The van der Waals surface area contributed by atoms with Gasteiger partial charge in [0.25, 0.3) is 5.91 Å². The Hall–Kier alpha value is -6.62. The van der Waals surface area contributed by atoms with E-state index < -0.39 is 17.9 Å². The molecule has 2 fully saturated rings. The van der Waals surface area contributed by atoms with E-state index in [1.54, 1.807) is 22.9 Å². The van der Waals surface area contributed by atoms with Crippen LogP contribution >= 0.6 is 11.6 Å². The maximum absolute atomic E-state index is 13.9. The predicted molar refractivity (Wildman–Crippen MR) is 251 cm³/mol. The Morgan fingerprint density at radius 3 is 2.48 bits per heavy atom. The van der Waals surface area contributed by atoms with E-state index in [0.29, 0.717) is 87.0 Å². The molecule has 348 valence electrons. The van der Waals surface area contributed by atoms with Gasteiger partial charge in [-0.15, -0.1) is 0 Å². The Bertz CT molecular complexity index is 2980. The summed E-state index contributed by atoms with van der Waals surface area (Å²) in [6.45, 7) is 8.56. The lowest BCUT2D eigenvalue weighted by molar-refractivity contribution is -0.137. The molecule has 3 N–H and O–H groups in total. The zero-order valence-corrected chi connectivity index (χ0v) is 38.4. The summed E-state index contributed by atoms with van der Waals surface area (Å²) in [5.74, 6) is -1.89. The number of aromatic nitrogens is 3. The number of imide groups is 1. The van der Waals surface area contributed by atoms with Crippen molar-refractivity contribution < 1.29 is 38.2 Å². The Morgan fingerprint density at radius 2 is 1.73 bits per heavy atom. The first-order valence-corrected chi connectivity index (χ1v) is 23.0. The Balaban J connectivity index is 0.856. The molecular weight excluding hydrogens is 879 g/mol. The van der Waals surface area contributed by atoms with Crippen LogP contribution in [0, 0.1) is 19.7 Å². The van der Waals surface area contributed by atoms with Crippen molar-refractivity contribution in [2.45, 2.75) is 65.2 Å². The number of ether oxygens (including phenoxy) is 1. The number of hydrogen-bond acceptors (Lipinski definition) is 9. The van der Waals surface area contributed by atoms with Crippen molar-refractivity contribution in [2.24, 2.45) is 7.05 Å². The van der Waals surface area contributed by atoms with Crippen molar-refractivity contribution >= 4 is 62.9 Å². The average molecular weight is 931 g/mol. The van der Waals surface area contributed by atoms with Crippen LogP contribution in [0.1, 0.15) is 68.2 Å². The molecule has 17 heteroatoms. The van der Waals surface area contributed by atoms with Gasteiger partial charge in [-0.3, -0.25) is 39.0 Å². The summed E-state index contributed by atoms with van der Waals surface area (Å²) < 4.78 is 23.9. The lowest BCUT2D eigenvalue weighted by Crippen LogP contribution is -2.52. The quantitative estimate of drug-likeness (QED) is 0.0819. The number of fused-ring (bicyclic) bond motifs is 3. The van der Waals surface area contributed by atoms with E-state index in [1.165, 1.54) is 17.0 Å². The van der Waals surface area contributed by atoms with E-state index in [9.17, 15) is 33.5 Å². The maximum atomic E-state index is 13.9. The summed E-state index contributed by atoms with van der Waals surface area (Å²) in [4.78, 5) is 69.6. The van der Waals surface area contributed by atoms with Gasteiger partial charge in [0.2, 0.25) is 17.7 Å². The highest BCUT2D eigenvalue weighted by molar-refractivity contribution is 6.35. The molecule has 0 radical (unpaired) electrons. The van der Waals surface area contributed by atoms with Gasteiger partial charge in [-0.2, -0.15) is 5.10 Å². The number of halogens is 2. The number of amides is 4. The van der Waals surface area contributed by atoms with Crippen molar-refractivity contribution in [2.75, 3.05) is 45.9 Å². The molecule has 3 aliphatic rings. The molecule has 1 atom stereocenters. The summed E-state index contributed by atoms with van der Waals surface area (Å²) in [7, 11) is 1.88. The minimum absolute atomic E-state index is 0.129. The van der Waals surface area contributed by atoms with E-state index in [0.717, 1.165) is 55.3 Å². The summed E-state index contributed by atoms with van der Waals surface area (Å²) >= 11 is 7.06. The first kappa shape index (κ1) is 45.5. The number of piperidine rings is 1. The predicted octanol–water partition coefficient (Wildman–Crippen LogP) is 6.01. The third-order valence-corrected chi connectivity index (χ3v) is 13.7. The van der Waals surface area contributed by atoms with Crippen LogP contribution in [0.4, 0.5) is 4.39 Å². The number of hydrogen-bond donors (Lipinski definition) is 3. The summed E-state index contributed by atoms with van der Waals surface area (Å²) in [5, 5.41) is 23.8. The number of nitrogens with zero attached hydrogens (tertiary/aromatic N) is 6. The Kier molecular flexibility index (Phi) is 12.9. The minimum atomic E-state index is -1.04. The van der Waals surface area contributed by atoms with Crippen LogP contribution in [-0.2, 0) is 47.5 Å². The molecule has 15 nitrogen and oxygen atoms in total. The van der Waals surface area contributed by atoms with Gasteiger partial charge in [0.05, 0.1) is 29.4 Å². The largest absolute Gasteiger partial charge is 0.493 e. The van der Waals surface area contributed by atoms with Crippen LogP contribution in [0.25, 0.3) is 32.8 Å². The fourth-order valence-electron chi connectivity index (χ4n) is 9.98. The molecule has 0 aliphatic carbocycles. The summed E-state index contributed by atoms with van der Waals surface area (Å²) in [5.41, 5.74) is 7.08. The van der Waals surface area contributed by atoms with Crippen molar-refractivity contribution in [3.8, 4) is 16.9 Å². The standard InChI is InChI=1S/C50H52ClFN8O7/c1-29-44(30(2)56(3)55-29)45-39(51)14-13-38-37(7-5-23-67-41-8-4-6-32-25-34(52)10-12-35(32)41)47(50(65)66)59(46(38)45)22-21-57-17-19-58(20-18-57)28-43(62)53-26-31-9-11-36-33(24-31)27-60(49(36)64)40-15-16-42(61)54-48(40)63/h4,6,8-14,24-25,40H,5,7,15-23,26-28H2,1-3H3,(H,53,62)(H,65,66)(H,54,61,63). The monoisotopic (exact) mass is 930 g/mol. The highest BCUT2D eigenvalue weighted by Crippen LogP contribution is 2.42. The number of carbonyl (C=O) groups is 5. The van der Waals surface area contributed by atoms with Gasteiger partial charge in [0.15, 0.2) is 0 Å². The molecule has 3 aliphatic heterocycles. The number of carbonyl (C=O) groups excluding carboxylic acids is 4. The number of aromatic carboxylic acids is 1. The van der Waals surface area contributed by atoms with E-state index in [4.69, 9.17) is 16.3 Å². The van der Waals surface area contributed by atoms with Crippen LogP contribution in [-0.4, -0.2) is 116 Å². The van der Waals surface area contributed by atoms with Crippen LogP contribution < -0.4 is 15.4 Å². The lowest BCUT2D eigenvalue weighted by Gasteiger charge is -2.34. The Morgan fingerprint density at radius 1 is 0.955 bits per heavy atom. The van der Waals surface area contributed by atoms with E-state index in [2.05, 4.69) is 25.5 Å². The third kappa shape index (κ3) is 9.12. The van der Waals surface area contributed by atoms with Crippen molar-refractivity contribution in [1.29, 1.82) is 0 Å². The number of carboxylic acid groups (broad SMARTS) is 1. The van der Waals surface area contributed by atoms with Gasteiger partial charge >= 0.3 is 5.97 Å². The highest BCUT2D eigenvalue weighted by atomic mass is 35.5. The minimum Gasteiger partial charge on any atom is -0.493 e. The number of rotatable bonds is 15. The van der Waals surface area contributed by atoms with Crippen molar-refractivity contribution in [1.82, 2.24) is 39.7 Å². The molecule has 1 unspecified atom stereocenters. The molecule has 5 heterocycles. The third-order valence-electron chi connectivity index (χ3n) is 13.4. The topological polar surface area (TPSA) is 171 Å². The summed E-state index contributed by atoms with van der Waals surface area (Å²) in [6.07, 6.45) is 1.42.